The molecule has 94 valence electrons. The van der Waals surface area contributed by atoms with Gasteiger partial charge in [-0.05, 0) is 36.6 Å². The lowest BCUT2D eigenvalue weighted by atomic mass is 10.1. The molecule has 0 aliphatic carbocycles. The van der Waals surface area contributed by atoms with Crippen LogP contribution in [0.15, 0.2) is 42.5 Å². The lowest BCUT2D eigenvalue weighted by Crippen LogP contribution is -2.01. The molecule has 3 rings (SSSR count). The van der Waals surface area contributed by atoms with Gasteiger partial charge in [0, 0.05) is 4.70 Å². The number of carboxylic acids is 1. The third kappa shape index (κ3) is 2.11. The summed E-state index contributed by atoms with van der Waals surface area (Å²) in [6, 6.07) is 13.6. The van der Waals surface area contributed by atoms with Crippen LogP contribution in [0.5, 0.6) is 0 Å². The molecule has 3 aromatic rings. The number of rotatable bonds is 2. The van der Waals surface area contributed by atoms with Gasteiger partial charge in [0.05, 0.1) is 21.8 Å². The SMILES string of the molecule is Cc1nc(-c2cc3ccccc3s2)ccc1C(=O)O. The molecule has 0 saturated carbocycles. The van der Waals surface area contributed by atoms with Crippen LogP contribution in [0.2, 0.25) is 0 Å². The Kier molecular flexibility index (Phi) is 2.80. The first-order valence-electron chi connectivity index (χ1n) is 5.85. The summed E-state index contributed by atoms with van der Waals surface area (Å²) in [4.78, 5) is 16.4. The lowest BCUT2D eigenvalue weighted by molar-refractivity contribution is 0.0695. The van der Waals surface area contributed by atoms with E-state index in [1.54, 1.807) is 30.4 Å². The second-order valence-electron chi connectivity index (χ2n) is 4.28. The van der Waals surface area contributed by atoms with Crippen molar-refractivity contribution in [3.8, 4) is 10.6 Å². The van der Waals surface area contributed by atoms with Crippen molar-refractivity contribution < 1.29 is 9.90 Å². The highest BCUT2D eigenvalue weighted by Gasteiger charge is 2.11. The third-order valence-electron chi connectivity index (χ3n) is 2.99. The van der Waals surface area contributed by atoms with E-state index in [0.29, 0.717) is 5.69 Å². The van der Waals surface area contributed by atoms with Crippen molar-refractivity contribution in [1.29, 1.82) is 0 Å². The van der Waals surface area contributed by atoms with E-state index in [0.717, 1.165) is 10.6 Å². The number of nitrogens with zero attached hydrogens (tertiary/aromatic N) is 1. The Hall–Kier alpha value is -2.20. The summed E-state index contributed by atoms with van der Waals surface area (Å²) in [6.45, 7) is 1.72. The van der Waals surface area contributed by atoms with Gasteiger partial charge >= 0.3 is 5.97 Å². The van der Waals surface area contributed by atoms with Gasteiger partial charge in [-0.1, -0.05) is 18.2 Å². The summed E-state index contributed by atoms with van der Waals surface area (Å²) in [5, 5.41) is 10.2. The Bertz CT molecular complexity index is 744. The number of aromatic nitrogens is 1. The number of carboxylic acid groups (broad SMARTS) is 1. The second-order valence-corrected chi connectivity index (χ2v) is 5.37. The quantitative estimate of drug-likeness (QED) is 0.765. The minimum atomic E-state index is -0.937. The Morgan fingerprint density at radius 2 is 2.00 bits per heavy atom. The Labute approximate surface area is 114 Å². The maximum atomic E-state index is 11.0. The normalized spacial score (nSPS) is 10.8. The molecule has 4 heteroatoms. The van der Waals surface area contributed by atoms with Crippen LogP contribution in [-0.2, 0) is 0 Å². The molecule has 0 fully saturated rings. The van der Waals surface area contributed by atoms with Gasteiger partial charge in [-0.2, -0.15) is 0 Å². The summed E-state index contributed by atoms with van der Waals surface area (Å²) in [5.74, 6) is -0.937. The molecule has 1 aromatic carbocycles. The first kappa shape index (κ1) is 11.9. The van der Waals surface area contributed by atoms with Crippen molar-refractivity contribution in [3.63, 3.8) is 0 Å². The number of aryl methyl sites for hydroxylation is 1. The van der Waals surface area contributed by atoms with Gasteiger partial charge in [-0.15, -0.1) is 11.3 Å². The van der Waals surface area contributed by atoms with Gasteiger partial charge in [0.1, 0.15) is 0 Å². The zero-order valence-electron chi connectivity index (χ0n) is 10.3. The number of hydrogen-bond donors (Lipinski definition) is 1. The van der Waals surface area contributed by atoms with Crippen molar-refractivity contribution >= 4 is 27.4 Å². The van der Waals surface area contributed by atoms with Crippen LogP contribution in [0.25, 0.3) is 20.7 Å². The van der Waals surface area contributed by atoms with E-state index in [9.17, 15) is 4.79 Å². The van der Waals surface area contributed by atoms with Crippen molar-refractivity contribution in [2.45, 2.75) is 6.92 Å². The smallest absolute Gasteiger partial charge is 0.337 e. The number of pyridine rings is 1. The number of benzene rings is 1. The van der Waals surface area contributed by atoms with Crippen LogP contribution in [0.1, 0.15) is 16.1 Å². The standard InChI is InChI=1S/C15H11NO2S/c1-9-11(15(17)18)6-7-12(16-9)14-8-10-4-2-3-5-13(10)19-14/h2-8H,1H3,(H,17,18). The van der Waals surface area contributed by atoms with E-state index in [2.05, 4.69) is 23.2 Å². The number of fused-ring (bicyclic) bond motifs is 1. The van der Waals surface area contributed by atoms with Crippen LogP contribution in [0, 0.1) is 6.92 Å². The van der Waals surface area contributed by atoms with E-state index in [-0.39, 0.29) is 5.56 Å². The molecule has 3 nitrogen and oxygen atoms in total. The molecule has 0 atom stereocenters. The number of hydrogen-bond acceptors (Lipinski definition) is 3. The maximum absolute atomic E-state index is 11.0. The van der Waals surface area contributed by atoms with Crippen LogP contribution in [-0.4, -0.2) is 16.1 Å². The highest BCUT2D eigenvalue weighted by molar-refractivity contribution is 7.22. The zero-order chi connectivity index (χ0) is 13.4. The third-order valence-corrected chi connectivity index (χ3v) is 4.13. The van der Waals surface area contributed by atoms with E-state index in [1.165, 1.54) is 10.1 Å². The van der Waals surface area contributed by atoms with E-state index >= 15 is 0 Å². The molecule has 0 amide bonds. The highest BCUT2D eigenvalue weighted by atomic mass is 32.1. The van der Waals surface area contributed by atoms with E-state index in [1.807, 2.05) is 12.1 Å². The van der Waals surface area contributed by atoms with Gasteiger partial charge in [0.2, 0.25) is 0 Å². The first-order valence-corrected chi connectivity index (χ1v) is 6.67. The van der Waals surface area contributed by atoms with Gasteiger partial charge in [0.15, 0.2) is 0 Å². The Morgan fingerprint density at radius 3 is 2.68 bits per heavy atom. The van der Waals surface area contributed by atoms with Gasteiger partial charge in [-0.3, -0.25) is 4.98 Å². The van der Waals surface area contributed by atoms with E-state index in [4.69, 9.17) is 5.11 Å². The molecule has 2 heterocycles. The van der Waals surface area contributed by atoms with E-state index < -0.39 is 5.97 Å². The topological polar surface area (TPSA) is 50.2 Å². The molecule has 0 spiro atoms. The molecule has 0 unspecified atom stereocenters. The van der Waals surface area contributed by atoms with Crippen LogP contribution >= 0.6 is 11.3 Å². The molecule has 0 saturated heterocycles. The zero-order valence-corrected chi connectivity index (χ0v) is 11.1. The minimum absolute atomic E-state index is 0.255. The van der Waals surface area contributed by atoms with Gasteiger partial charge < -0.3 is 5.11 Å². The molecule has 1 N–H and O–H groups in total. The Morgan fingerprint density at radius 1 is 1.21 bits per heavy atom. The van der Waals surface area contributed by atoms with Gasteiger partial charge in [-0.25, -0.2) is 4.79 Å². The van der Waals surface area contributed by atoms with Crippen LogP contribution < -0.4 is 0 Å². The molecule has 0 aliphatic heterocycles. The molecule has 0 aliphatic rings. The van der Waals surface area contributed by atoms with Crippen molar-refractivity contribution in [2.75, 3.05) is 0 Å². The minimum Gasteiger partial charge on any atom is -0.478 e. The monoisotopic (exact) mass is 269 g/mol. The molecule has 0 bridgehead atoms. The van der Waals surface area contributed by atoms with Crippen LogP contribution in [0.3, 0.4) is 0 Å². The molecular weight excluding hydrogens is 258 g/mol. The summed E-state index contributed by atoms with van der Waals surface area (Å²) in [7, 11) is 0. The molecule has 0 radical (unpaired) electrons. The highest BCUT2D eigenvalue weighted by Crippen LogP contribution is 2.32. The maximum Gasteiger partial charge on any atom is 0.337 e. The fraction of sp³-hybridized carbons (Fsp3) is 0.0667. The lowest BCUT2D eigenvalue weighted by Gasteiger charge is -2.02. The summed E-state index contributed by atoms with van der Waals surface area (Å²) >= 11 is 1.66. The fourth-order valence-corrected chi connectivity index (χ4v) is 3.06. The number of aromatic carboxylic acids is 1. The molecule has 2 aromatic heterocycles. The van der Waals surface area contributed by atoms with Gasteiger partial charge in [0.25, 0.3) is 0 Å². The average molecular weight is 269 g/mol. The average Bonchev–Trinajstić information content (AvgIpc) is 2.81. The first-order chi connectivity index (χ1) is 9.15. The fourth-order valence-electron chi connectivity index (χ4n) is 2.03. The molecule has 19 heavy (non-hydrogen) atoms. The number of carbonyl (C=O) groups is 1. The van der Waals surface area contributed by atoms with Crippen molar-refractivity contribution in [2.24, 2.45) is 0 Å². The number of thiophene rings is 1. The van der Waals surface area contributed by atoms with Crippen LogP contribution in [0.4, 0.5) is 0 Å². The predicted molar refractivity (Wildman–Crippen MR) is 76.8 cm³/mol. The molecular formula is C15H11NO2S. The second kappa shape index (κ2) is 4.48. The largest absolute Gasteiger partial charge is 0.478 e. The van der Waals surface area contributed by atoms with Crippen molar-refractivity contribution in [3.05, 3.63) is 53.7 Å². The Balaban J connectivity index is 2.11. The van der Waals surface area contributed by atoms with Crippen molar-refractivity contribution in [1.82, 2.24) is 4.98 Å². The predicted octanol–water partition coefficient (Wildman–Crippen LogP) is 3.97. The summed E-state index contributed by atoms with van der Waals surface area (Å²) < 4.78 is 1.21. The summed E-state index contributed by atoms with van der Waals surface area (Å²) in [6.07, 6.45) is 0. The summed E-state index contributed by atoms with van der Waals surface area (Å²) in [5.41, 5.74) is 1.62.